The second kappa shape index (κ2) is 7.05. The average Bonchev–Trinajstić information content (AvgIpc) is 2.33. The monoisotopic (exact) mass is 270 g/mol. The number of hydrogen-bond donors (Lipinski definition) is 1. The maximum atomic E-state index is 5.79. The Hall–Kier alpha value is -0.120. The molecule has 1 saturated heterocycles. The molecule has 1 rings (SSSR count). The van der Waals surface area contributed by atoms with Gasteiger partial charge in [-0.25, -0.2) is 0 Å². The number of nitrogens with zero attached hydrogens (tertiary/aromatic N) is 1. The van der Waals surface area contributed by atoms with Crippen LogP contribution in [-0.4, -0.2) is 48.8 Å². The van der Waals surface area contributed by atoms with Crippen molar-refractivity contribution in [3.63, 3.8) is 0 Å². The van der Waals surface area contributed by atoms with E-state index < -0.39 is 0 Å². The van der Waals surface area contributed by atoms with Crippen LogP contribution in [0.2, 0.25) is 0 Å². The van der Waals surface area contributed by atoms with Gasteiger partial charge in [-0.15, -0.1) is 0 Å². The summed E-state index contributed by atoms with van der Waals surface area (Å²) in [5, 5.41) is 3.66. The van der Waals surface area contributed by atoms with E-state index in [4.69, 9.17) is 4.74 Å². The van der Waals surface area contributed by atoms with Gasteiger partial charge in [0.25, 0.3) is 0 Å². The van der Waals surface area contributed by atoms with E-state index in [1.54, 1.807) is 0 Å². The van der Waals surface area contributed by atoms with Crippen LogP contribution in [0.15, 0.2) is 0 Å². The van der Waals surface area contributed by atoms with Crippen molar-refractivity contribution in [2.45, 2.75) is 65.5 Å². The molecule has 0 aromatic carbocycles. The fourth-order valence-corrected chi connectivity index (χ4v) is 2.56. The second-order valence-electron chi connectivity index (χ2n) is 7.30. The van der Waals surface area contributed by atoms with Crippen molar-refractivity contribution in [3.05, 3.63) is 0 Å². The molecule has 19 heavy (non-hydrogen) atoms. The van der Waals surface area contributed by atoms with Crippen molar-refractivity contribution >= 4 is 0 Å². The maximum absolute atomic E-state index is 5.79. The summed E-state index contributed by atoms with van der Waals surface area (Å²) in [6, 6.07) is 0. The van der Waals surface area contributed by atoms with Gasteiger partial charge in [0.05, 0.1) is 6.61 Å². The molecular weight excluding hydrogens is 236 g/mol. The summed E-state index contributed by atoms with van der Waals surface area (Å²) in [4.78, 5) is 2.61. The Balaban J connectivity index is 2.39. The normalized spacial score (nSPS) is 27.9. The summed E-state index contributed by atoms with van der Waals surface area (Å²) in [6.07, 6.45) is 2.35. The van der Waals surface area contributed by atoms with E-state index in [2.05, 4.69) is 51.8 Å². The number of ether oxygens (including phenoxy) is 1. The first kappa shape index (κ1) is 16.9. The molecular formula is C16H34N2O. The highest BCUT2D eigenvalue weighted by Crippen LogP contribution is 2.26. The van der Waals surface area contributed by atoms with Gasteiger partial charge in [0, 0.05) is 37.3 Å². The van der Waals surface area contributed by atoms with Gasteiger partial charge in [-0.3, -0.25) is 4.90 Å². The zero-order valence-corrected chi connectivity index (χ0v) is 13.9. The Kier molecular flexibility index (Phi) is 6.28. The summed E-state index contributed by atoms with van der Waals surface area (Å²) in [7, 11) is 0. The van der Waals surface area contributed by atoms with Crippen LogP contribution in [0.4, 0.5) is 0 Å². The molecule has 0 spiro atoms. The van der Waals surface area contributed by atoms with Gasteiger partial charge in [-0.2, -0.15) is 0 Å². The van der Waals surface area contributed by atoms with E-state index in [9.17, 15) is 0 Å². The lowest BCUT2D eigenvalue weighted by Gasteiger charge is -2.51. The van der Waals surface area contributed by atoms with Gasteiger partial charge < -0.3 is 10.1 Å². The first-order valence-corrected chi connectivity index (χ1v) is 7.87. The Morgan fingerprint density at radius 1 is 1.21 bits per heavy atom. The molecule has 0 aromatic heterocycles. The van der Waals surface area contributed by atoms with Crippen LogP contribution >= 0.6 is 0 Å². The van der Waals surface area contributed by atoms with Gasteiger partial charge in [-0.1, -0.05) is 20.8 Å². The number of rotatable bonds is 7. The molecule has 0 amide bonds. The van der Waals surface area contributed by atoms with Gasteiger partial charge in [0.2, 0.25) is 0 Å². The van der Waals surface area contributed by atoms with Crippen LogP contribution in [0.5, 0.6) is 0 Å². The molecule has 114 valence electrons. The van der Waals surface area contributed by atoms with Crippen molar-refractivity contribution in [1.82, 2.24) is 10.2 Å². The molecule has 0 aromatic rings. The third kappa shape index (κ3) is 5.41. The molecule has 1 aliphatic heterocycles. The van der Waals surface area contributed by atoms with Gasteiger partial charge >= 0.3 is 0 Å². The van der Waals surface area contributed by atoms with Crippen LogP contribution < -0.4 is 5.32 Å². The van der Waals surface area contributed by atoms with Crippen LogP contribution in [-0.2, 0) is 4.74 Å². The standard InChI is InChI=1S/C16H34N2O/c1-7-16(6)12-17-15(4,5)13-18(16)9-11-19-10-8-14(2)3/h14,17H,7-13H2,1-6H3. The van der Waals surface area contributed by atoms with Crippen molar-refractivity contribution in [2.75, 3.05) is 32.8 Å². The molecule has 0 saturated carbocycles. The molecule has 0 bridgehead atoms. The Labute approximate surface area is 120 Å². The molecule has 1 fully saturated rings. The molecule has 3 heteroatoms. The van der Waals surface area contributed by atoms with Crippen molar-refractivity contribution in [3.8, 4) is 0 Å². The molecule has 1 atom stereocenters. The van der Waals surface area contributed by atoms with E-state index in [-0.39, 0.29) is 11.1 Å². The van der Waals surface area contributed by atoms with Gasteiger partial charge in [0.15, 0.2) is 0 Å². The van der Waals surface area contributed by atoms with Crippen LogP contribution in [0.25, 0.3) is 0 Å². The Bertz CT molecular complexity index is 265. The third-order valence-corrected chi connectivity index (χ3v) is 4.40. The third-order valence-electron chi connectivity index (χ3n) is 4.40. The van der Waals surface area contributed by atoms with Crippen molar-refractivity contribution in [2.24, 2.45) is 5.92 Å². The van der Waals surface area contributed by atoms with E-state index in [1.807, 2.05) is 0 Å². The van der Waals surface area contributed by atoms with E-state index in [0.717, 1.165) is 45.2 Å². The summed E-state index contributed by atoms with van der Waals surface area (Å²) in [6.45, 7) is 18.7. The molecule has 3 nitrogen and oxygen atoms in total. The smallest absolute Gasteiger partial charge is 0.0593 e. The molecule has 1 unspecified atom stereocenters. The Morgan fingerprint density at radius 2 is 1.89 bits per heavy atom. The summed E-state index contributed by atoms with van der Waals surface area (Å²) in [5.74, 6) is 0.735. The van der Waals surface area contributed by atoms with E-state index in [1.165, 1.54) is 6.42 Å². The molecule has 0 aliphatic carbocycles. The van der Waals surface area contributed by atoms with E-state index in [0.29, 0.717) is 0 Å². The van der Waals surface area contributed by atoms with E-state index >= 15 is 0 Å². The van der Waals surface area contributed by atoms with Crippen LogP contribution in [0.1, 0.15) is 54.4 Å². The highest BCUT2D eigenvalue weighted by molar-refractivity contribution is 4.99. The second-order valence-corrected chi connectivity index (χ2v) is 7.30. The lowest BCUT2D eigenvalue weighted by Crippen LogP contribution is -2.67. The first-order chi connectivity index (χ1) is 8.79. The number of hydrogen-bond acceptors (Lipinski definition) is 3. The molecule has 1 N–H and O–H groups in total. The lowest BCUT2D eigenvalue weighted by atomic mass is 9.88. The van der Waals surface area contributed by atoms with Gasteiger partial charge in [-0.05, 0) is 39.5 Å². The summed E-state index contributed by atoms with van der Waals surface area (Å²) in [5.41, 5.74) is 0.490. The highest BCUT2D eigenvalue weighted by Gasteiger charge is 2.39. The van der Waals surface area contributed by atoms with Crippen molar-refractivity contribution < 1.29 is 4.74 Å². The minimum Gasteiger partial charge on any atom is -0.380 e. The largest absolute Gasteiger partial charge is 0.380 e. The SMILES string of the molecule is CCC1(C)CNC(C)(C)CN1CCOCCC(C)C. The predicted octanol–water partition coefficient (Wildman–Crippen LogP) is 2.90. The minimum absolute atomic E-state index is 0.215. The zero-order chi connectivity index (χ0) is 14.5. The minimum atomic E-state index is 0.215. The fraction of sp³-hybridized carbons (Fsp3) is 1.00. The quantitative estimate of drug-likeness (QED) is 0.720. The molecule has 0 radical (unpaired) electrons. The predicted molar refractivity (Wildman–Crippen MR) is 82.6 cm³/mol. The van der Waals surface area contributed by atoms with Crippen LogP contribution in [0, 0.1) is 5.92 Å². The topological polar surface area (TPSA) is 24.5 Å². The summed E-state index contributed by atoms with van der Waals surface area (Å²) >= 11 is 0. The summed E-state index contributed by atoms with van der Waals surface area (Å²) < 4.78 is 5.79. The van der Waals surface area contributed by atoms with Crippen LogP contribution in [0.3, 0.4) is 0 Å². The Morgan fingerprint density at radius 3 is 2.47 bits per heavy atom. The zero-order valence-electron chi connectivity index (χ0n) is 13.9. The maximum Gasteiger partial charge on any atom is 0.0593 e. The van der Waals surface area contributed by atoms with Crippen molar-refractivity contribution in [1.29, 1.82) is 0 Å². The van der Waals surface area contributed by atoms with Gasteiger partial charge in [0.1, 0.15) is 0 Å². The number of nitrogens with one attached hydrogen (secondary N) is 1. The lowest BCUT2D eigenvalue weighted by molar-refractivity contribution is -0.00154. The molecule has 1 heterocycles. The fourth-order valence-electron chi connectivity index (χ4n) is 2.56. The first-order valence-electron chi connectivity index (χ1n) is 7.87. The highest BCUT2D eigenvalue weighted by atomic mass is 16.5. The molecule has 1 aliphatic rings. The average molecular weight is 270 g/mol. The number of piperazine rings is 1.